The summed E-state index contributed by atoms with van der Waals surface area (Å²) in [4.78, 5) is 0.652. The largest absolute Gasteiger partial charge is 0.490 e. The van der Waals surface area contributed by atoms with E-state index in [9.17, 15) is 4.39 Å². The smallest absolute Gasteiger partial charge is 0.181 e. The monoisotopic (exact) mass is 478 g/mol. The summed E-state index contributed by atoms with van der Waals surface area (Å²) in [6.45, 7) is 1.27. The Morgan fingerprint density at radius 1 is 0.938 bits per heavy atom. The number of unbranched alkanes of at least 4 members (excludes halogenated alkanes) is 3. The molecule has 0 amide bonds. The molecule has 1 nitrogen and oxygen atoms in total. The Kier molecular flexibility index (Phi) is 8.78. The average Bonchev–Trinajstić information content (AvgIpc) is 2.79. The number of hydrogen-bond donors (Lipinski definition) is 1. The second-order valence-electron chi connectivity index (χ2n) is 9.69. The average molecular weight is 479 g/mol. The summed E-state index contributed by atoms with van der Waals surface area (Å²) in [5.41, 5.74) is -5.92. The molecule has 32 heavy (non-hydrogen) atoms. The predicted octanol–water partition coefficient (Wildman–Crippen LogP) is 7.97. The minimum atomic E-state index is -2.99. The van der Waals surface area contributed by atoms with Gasteiger partial charge in [-0.2, -0.15) is 0 Å². The number of halogens is 5. The zero-order chi connectivity index (χ0) is 23.4. The summed E-state index contributed by atoms with van der Waals surface area (Å²) in [7, 11) is 0. The van der Waals surface area contributed by atoms with Crippen molar-refractivity contribution in [1.29, 1.82) is 0 Å². The molecule has 0 radical (unpaired) electrons. The Bertz CT molecular complexity index is 711. The molecule has 0 heterocycles. The van der Waals surface area contributed by atoms with E-state index in [1.165, 1.54) is 18.6 Å². The molecule has 182 valence electrons. The second kappa shape index (κ2) is 11.0. The standard InChI is InChI=1S/C25H35F5OS/c1-2-3-4-5-6-17-7-9-18(10-8-17)25(30)21(26)15-24(29,22(27)23(25)28)16-31-19-11-13-20(32)14-12-19/h11-14,17-18,21-23,32H,2-10,15-16H2,1H3. The molecule has 0 aliphatic heterocycles. The number of ether oxygens (including phenoxy) is 1. The number of alkyl halides is 5. The number of hydrogen-bond acceptors (Lipinski definition) is 2. The van der Waals surface area contributed by atoms with E-state index in [-0.39, 0.29) is 5.75 Å². The van der Waals surface area contributed by atoms with Crippen LogP contribution in [0.1, 0.15) is 71.1 Å². The molecule has 0 bridgehead atoms. The highest BCUT2D eigenvalue weighted by atomic mass is 32.1. The van der Waals surface area contributed by atoms with Gasteiger partial charge < -0.3 is 4.74 Å². The Morgan fingerprint density at radius 2 is 1.59 bits per heavy atom. The maximum atomic E-state index is 15.7. The number of benzene rings is 1. The summed E-state index contributed by atoms with van der Waals surface area (Å²) in [6.07, 6.45) is -1.47. The second-order valence-corrected chi connectivity index (χ2v) is 10.2. The normalized spacial score (nSPS) is 37.9. The molecule has 5 unspecified atom stereocenters. The SMILES string of the molecule is CCCCCCC1CCC(C2(F)C(F)CC(F)(COc3ccc(S)cc3)C(F)C2F)CC1. The molecule has 0 saturated heterocycles. The van der Waals surface area contributed by atoms with Crippen LogP contribution in [0.25, 0.3) is 0 Å². The van der Waals surface area contributed by atoms with Gasteiger partial charge >= 0.3 is 0 Å². The number of thiol groups is 1. The molecule has 0 spiro atoms. The van der Waals surface area contributed by atoms with Gasteiger partial charge in [0.1, 0.15) is 18.5 Å². The van der Waals surface area contributed by atoms with E-state index >= 15 is 17.6 Å². The van der Waals surface area contributed by atoms with Gasteiger partial charge in [0.2, 0.25) is 0 Å². The molecule has 0 aromatic heterocycles. The first kappa shape index (κ1) is 25.6. The molecular formula is C25H35F5OS. The van der Waals surface area contributed by atoms with Gasteiger partial charge in [0.25, 0.3) is 0 Å². The lowest BCUT2D eigenvalue weighted by atomic mass is 9.64. The lowest BCUT2D eigenvalue weighted by molar-refractivity contribution is -0.186. The maximum absolute atomic E-state index is 15.7. The van der Waals surface area contributed by atoms with Gasteiger partial charge in [-0.1, -0.05) is 51.9 Å². The first-order chi connectivity index (χ1) is 15.2. The first-order valence-electron chi connectivity index (χ1n) is 11.9. The van der Waals surface area contributed by atoms with Crippen molar-refractivity contribution in [1.82, 2.24) is 0 Å². The highest BCUT2D eigenvalue weighted by Gasteiger charge is 2.67. The Labute approximate surface area is 193 Å². The Morgan fingerprint density at radius 3 is 2.22 bits per heavy atom. The molecule has 0 N–H and O–H groups in total. The van der Waals surface area contributed by atoms with Crippen molar-refractivity contribution in [2.45, 2.75) is 106 Å². The maximum Gasteiger partial charge on any atom is 0.181 e. The van der Waals surface area contributed by atoms with Gasteiger partial charge in [-0.3, -0.25) is 0 Å². The third-order valence-electron chi connectivity index (χ3n) is 7.43. The molecule has 3 rings (SSSR count). The van der Waals surface area contributed by atoms with Gasteiger partial charge in [-0.25, -0.2) is 22.0 Å². The van der Waals surface area contributed by atoms with Crippen molar-refractivity contribution in [2.24, 2.45) is 11.8 Å². The third kappa shape index (κ3) is 5.56. The van der Waals surface area contributed by atoms with Crippen molar-refractivity contribution < 1.29 is 26.7 Å². The van der Waals surface area contributed by atoms with E-state index in [0.29, 0.717) is 36.5 Å². The highest BCUT2D eigenvalue weighted by molar-refractivity contribution is 7.80. The first-order valence-corrected chi connectivity index (χ1v) is 12.4. The van der Waals surface area contributed by atoms with Crippen molar-refractivity contribution in [3.8, 4) is 5.75 Å². The lowest BCUT2D eigenvalue weighted by Gasteiger charge is -2.49. The fraction of sp³-hybridized carbons (Fsp3) is 0.760. The van der Waals surface area contributed by atoms with Crippen molar-refractivity contribution in [2.75, 3.05) is 6.61 Å². The molecule has 1 aromatic rings. The van der Waals surface area contributed by atoms with Crippen LogP contribution in [0.5, 0.6) is 5.75 Å². The topological polar surface area (TPSA) is 9.23 Å². The van der Waals surface area contributed by atoms with E-state index in [4.69, 9.17) is 4.74 Å². The molecule has 5 atom stereocenters. The zero-order valence-electron chi connectivity index (χ0n) is 18.7. The van der Waals surface area contributed by atoms with Gasteiger partial charge in [-0.05, 0) is 48.9 Å². The summed E-state index contributed by atoms with van der Waals surface area (Å²) < 4.78 is 81.1. The molecule has 7 heteroatoms. The fourth-order valence-corrected chi connectivity index (χ4v) is 5.49. The van der Waals surface area contributed by atoms with E-state index in [0.717, 1.165) is 25.7 Å². The van der Waals surface area contributed by atoms with Gasteiger partial charge in [0.15, 0.2) is 23.7 Å². The molecule has 2 aliphatic carbocycles. The van der Waals surface area contributed by atoms with Crippen LogP contribution in [0.15, 0.2) is 29.2 Å². The quantitative estimate of drug-likeness (QED) is 0.215. The Balaban J connectivity index is 1.59. The van der Waals surface area contributed by atoms with E-state index in [1.807, 2.05) is 0 Å². The molecule has 2 saturated carbocycles. The number of rotatable bonds is 9. The van der Waals surface area contributed by atoms with E-state index < -0.39 is 48.8 Å². The zero-order valence-corrected chi connectivity index (χ0v) is 19.6. The van der Waals surface area contributed by atoms with Crippen LogP contribution in [-0.2, 0) is 0 Å². The Hall–Kier alpha value is -0.980. The van der Waals surface area contributed by atoms with Gasteiger partial charge in [-0.15, -0.1) is 12.6 Å². The predicted molar refractivity (Wildman–Crippen MR) is 120 cm³/mol. The van der Waals surface area contributed by atoms with Crippen LogP contribution >= 0.6 is 12.6 Å². The van der Waals surface area contributed by atoms with Crippen LogP contribution in [0.2, 0.25) is 0 Å². The van der Waals surface area contributed by atoms with Crippen molar-refractivity contribution >= 4 is 12.6 Å². The van der Waals surface area contributed by atoms with E-state index in [2.05, 4.69) is 19.6 Å². The fourth-order valence-electron chi connectivity index (χ4n) is 5.34. The summed E-state index contributed by atoms with van der Waals surface area (Å²) in [6, 6.07) is 6.20. The molecule has 2 aliphatic rings. The summed E-state index contributed by atoms with van der Waals surface area (Å²) >= 11 is 4.13. The highest BCUT2D eigenvalue weighted by Crippen LogP contribution is 2.52. The van der Waals surface area contributed by atoms with E-state index in [1.54, 1.807) is 12.1 Å². The van der Waals surface area contributed by atoms with Gasteiger partial charge in [0, 0.05) is 11.3 Å². The van der Waals surface area contributed by atoms with Crippen LogP contribution < -0.4 is 4.74 Å². The molecule has 2 fully saturated rings. The van der Waals surface area contributed by atoms with Crippen LogP contribution in [0.3, 0.4) is 0 Å². The van der Waals surface area contributed by atoms with Crippen LogP contribution in [0, 0.1) is 11.8 Å². The summed E-state index contributed by atoms with van der Waals surface area (Å²) in [5.74, 6) is -0.275. The lowest BCUT2D eigenvalue weighted by Crippen LogP contribution is -2.66. The van der Waals surface area contributed by atoms with Crippen molar-refractivity contribution in [3.05, 3.63) is 24.3 Å². The minimum absolute atomic E-state index is 0.229. The molecule has 1 aromatic carbocycles. The van der Waals surface area contributed by atoms with Crippen molar-refractivity contribution in [3.63, 3.8) is 0 Å². The van der Waals surface area contributed by atoms with Gasteiger partial charge in [0.05, 0.1) is 0 Å². The minimum Gasteiger partial charge on any atom is -0.490 e. The van der Waals surface area contributed by atoms with Crippen LogP contribution in [0.4, 0.5) is 22.0 Å². The van der Waals surface area contributed by atoms with Crippen LogP contribution in [-0.4, -0.2) is 36.5 Å². The summed E-state index contributed by atoms with van der Waals surface area (Å²) in [5, 5.41) is 0. The third-order valence-corrected chi connectivity index (χ3v) is 7.72. The molecular weight excluding hydrogens is 443 g/mol.